The molecule has 1 aliphatic rings. The van der Waals surface area contributed by atoms with Gasteiger partial charge in [-0.25, -0.2) is 10.4 Å². The van der Waals surface area contributed by atoms with Crippen LogP contribution in [0.5, 0.6) is 17.2 Å². The molecule has 4 amide bonds. The molecule has 0 radical (unpaired) electrons. The van der Waals surface area contributed by atoms with E-state index in [2.05, 4.69) is 26.1 Å². The highest BCUT2D eigenvalue weighted by molar-refractivity contribution is 7.22. The van der Waals surface area contributed by atoms with E-state index in [9.17, 15) is 34.5 Å². The number of benzene rings is 4. The lowest BCUT2D eigenvalue weighted by Gasteiger charge is -2.35. The highest BCUT2D eigenvalue weighted by Crippen LogP contribution is 2.40. The van der Waals surface area contributed by atoms with Crippen LogP contribution in [0.3, 0.4) is 0 Å². The maximum absolute atomic E-state index is 14.1. The second kappa shape index (κ2) is 20.7. The zero-order valence-corrected chi connectivity index (χ0v) is 38.7. The largest absolute Gasteiger partial charge is 0.508 e. The van der Waals surface area contributed by atoms with Gasteiger partial charge in [0.25, 0.3) is 5.91 Å². The number of thiazole rings is 1. The van der Waals surface area contributed by atoms with Crippen molar-refractivity contribution in [2.45, 2.75) is 65.3 Å². The molecule has 1 saturated heterocycles. The Hall–Kier alpha value is -6.66. The van der Waals surface area contributed by atoms with Crippen molar-refractivity contribution in [3.8, 4) is 38.1 Å². The number of phenols is 2. The number of carbonyl (C=O) groups excluding carboxylic acids is 4. The van der Waals surface area contributed by atoms with Crippen LogP contribution in [-0.2, 0) is 19.1 Å². The van der Waals surface area contributed by atoms with Crippen LogP contribution < -0.4 is 20.8 Å². The summed E-state index contributed by atoms with van der Waals surface area (Å²) >= 11 is 2.91. The first kappa shape index (κ1) is 47.3. The van der Waals surface area contributed by atoms with Crippen LogP contribution in [0.2, 0.25) is 0 Å². The van der Waals surface area contributed by atoms with E-state index >= 15 is 0 Å². The highest BCUT2D eigenvalue weighted by Gasteiger charge is 2.44. The maximum Gasteiger partial charge on any atom is 0.273 e. The molecule has 6 N–H and O–H groups in total. The molecule has 17 heteroatoms. The molecule has 4 unspecified atom stereocenters. The second-order valence-electron chi connectivity index (χ2n) is 17.1. The number of aromatic hydroxyl groups is 2. The molecule has 0 aliphatic carbocycles. The summed E-state index contributed by atoms with van der Waals surface area (Å²) in [6.07, 6.45) is 0.665. The van der Waals surface area contributed by atoms with Crippen LogP contribution >= 0.6 is 22.7 Å². The van der Waals surface area contributed by atoms with E-state index in [1.54, 1.807) is 77.5 Å². The molecule has 7 rings (SSSR count). The molecule has 3 heterocycles. The molecule has 0 spiro atoms. The van der Waals surface area contributed by atoms with E-state index in [1.165, 1.54) is 28.5 Å². The number of phenolic OH excluding ortho intramolecular Hbond substituents is 2. The van der Waals surface area contributed by atoms with E-state index in [0.29, 0.717) is 27.1 Å². The first-order valence-electron chi connectivity index (χ1n) is 21.3. The Morgan fingerprint density at radius 3 is 2.27 bits per heavy atom. The van der Waals surface area contributed by atoms with Crippen molar-refractivity contribution >= 4 is 62.6 Å². The summed E-state index contributed by atoms with van der Waals surface area (Å²) in [5.74, 6) is -1.10. The first-order valence-corrected chi connectivity index (χ1v) is 23.0. The number of thiophene rings is 1. The Morgan fingerprint density at radius 2 is 1.59 bits per heavy atom. The molecular formula is C49H52N6O9S2. The van der Waals surface area contributed by atoms with Crippen molar-refractivity contribution in [2.24, 2.45) is 10.5 Å². The predicted molar refractivity (Wildman–Crippen MR) is 255 cm³/mol. The Balaban J connectivity index is 0.865. The smallest absolute Gasteiger partial charge is 0.273 e. The third kappa shape index (κ3) is 11.4. The number of hydrazone groups is 1. The van der Waals surface area contributed by atoms with Gasteiger partial charge in [0.15, 0.2) is 0 Å². The van der Waals surface area contributed by atoms with Crippen molar-refractivity contribution in [1.29, 1.82) is 0 Å². The highest BCUT2D eigenvalue weighted by atomic mass is 32.1. The quantitative estimate of drug-likeness (QED) is 0.0334. The van der Waals surface area contributed by atoms with Gasteiger partial charge in [-0.15, -0.1) is 22.7 Å². The van der Waals surface area contributed by atoms with Gasteiger partial charge in [-0.1, -0.05) is 45.0 Å². The summed E-state index contributed by atoms with van der Waals surface area (Å²) in [4.78, 5) is 61.6. The number of β-amino-alcohol motifs (C(OH)–C–C–N with tert-alkyl or cyclic N) is 1. The number of nitrogens with zero attached hydrogens (tertiary/aromatic N) is 3. The Kier molecular flexibility index (Phi) is 14.8. The van der Waals surface area contributed by atoms with Gasteiger partial charge in [0.05, 0.1) is 46.6 Å². The molecule has 1 aliphatic heterocycles. The number of hydrogen-bond acceptors (Lipinski definition) is 13. The Morgan fingerprint density at radius 1 is 0.909 bits per heavy atom. The number of aryl methyl sites for hydroxylation is 1. The van der Waals surface area contributed by atoms with Gasteiger partial charge >= 0.3 is 0 Å². The number of rotatable bonds is 16. The fraction of sp³-hybridized carbons (Fsp3) is 0.306. The maximum atomic E-state index is 14.1. The van der Waals surface area contributed by atoms with E-state index in [0.717, 1.165) is 32.0 Å². The average Bonchev–Trinajstić information content (AvgIpc) is 4.01. The number of nitrogens with one attached hydrogen (secondary N) is 3. The number of amides is 4. The third-order valence-electron chi connectivity index (χ3n) is 11.1. The van der Waals surface area contributed by atoms with E-state index < -0.39 is 47.2 Å². The van der Waals surface area contributed by atoms with Crippen LogP contribution in [0.25, 0.3) is 31.0 Å². The zero-order chi connectivity index (χ0) is 47.1. The molecule has 4 aromatic carbocycles. The second-order valence-corrected chi connectivity index (χ2v) is 19.0. The molecule has 4 atom stereocenters. The van der Waals surface area contributed by atoms with Gasteiger partial charge in [0.2, 0.25) is 17.7 Å². The molecule has 66 heavy (non-hydrogen) atoms. The van der Waals surface area contributed by atoms with Crippen molar-refractivity contribution in [1.82, 2.24) is 25.9 Å². The SMILES string of the molecule is Cc1ncsc1-c1ccc(C(C)NC(=O)C2CC(O)CN2C(=O)C(NC(=O)COCCOc2ccc(C=NNC(=O)c3c(-c4ccc(O)cc4)sc4cc(O)ccc34)cc2)C(C)(C)C)cc1. The average molecular weight is 933 g/mol. The fourth-order valence-electron chi connectivity index (χ4n) is 7.60. The lowest BCUT2D eigenvalue weighted by molar-refractivity contribution is -0.144. The molecule has 15 nitrogen and oxygen atoms in total. The molecule has 2 aromatic heterocycles. The van der Waals surface area contributed by atoms with E-state index in [4.69, 9.17) is 9.47 Å². The summed E-state index contributed by atoms with van der Waals surface area (Å²) in [6.45, 7) is 9.09. The lowest BCUT2D eigenvalue weighted by Crippen LogP contribution is -2.58. The Labute approximate surface area is 390 Å². The van der Waals surface area contributed by atoms with Gasteiger partial charge < -0.3 is 40.3 Å². The third-order valence-corrected chi connectivity index (χ3v) is 13.3. The van der Waals surface area contributed by atoms with Crippen LogP contribution in [0.15, 0.2) is 102 Å². The van der Waals surface area contributed by atoms with Gasteiger partial charge in [-0.05, 0) is 108 Å². The van der Waals surface area contributed by atoms with Crippen molar-refractivity contribution < 1.29 is 44.0 Å². The summed E-state index contributed by atoms with van der Waals surface area (Å²) in [5, 5.41) is 41.0. The van der Waals surface area contributed by atoms with E-state index in [1.807, 2.05) is 58.9 Å². The molecule has 1 fully saturated rings. The number of aromatic nitrogens is 1. The molecular weight excluding hydrogens is 881 g/mol. The summed E-state index contributed by atoms with van der Waals surface area (Å²) < 4.78 is 12.1. The van der Waals surface area contributed by atoms with Gasteiger partial charge in [-0.3, -0.25) is 19.2 Å². The molecule has 0 saturated carbocycles. The number of aliphatic hydroxyl groups is 1. The first-order chi connectivity index (χ1) is 31.5. The molecule has 344 valence electrons. The van der Waals surface area contributed by atoms with Gasteiger partial charge in [0, 0.05) is 27.9 Å². The number of aliphatic hydroxyl groups excluding tert-OH is 1. The minimum absolute atomic E-state index is 0.0425. The molecule has 6 aromatic rings. The minimum Gasteiger partial charge on any atom is -0.508 e. The zero-order valence-electron chi connectivity index (χ0n) is 37.1. The topological polar surface area (TPSA) is 212 Å². The summed E-state index contributed by atoms with van der Waals surface area (Å²) in [5.41, 5.74) is 8.36. The number of carbonyl (C=O) groups is 4. The fourth-order valence-corrected chi connectivity index (χ4v) is 9.65. The van der Waals surface area contributed by atoms with Crippen LogP contribution in [-0.4, -0.2) is 99.6 Å². The lowest BCUT2D eigenvalue weighted by atomic mass is 9.85. The van der Waals surface area contributed by atoms with Crippen LogP contribution in [0.4, 0.5) is 0 Å². The van der Waals surface area contributed by atoms with Crippen molar-refractivity contribution in [3.63, 3.8) is 0 Å². The van der Waals surface area contributed by atoms with Gasteiger partial charge in [0.1, 0.15) is 42.5 Å². The number of hydrogen-bond donors (Lipinski definition) is 6. The normalized spacial score (nSPS) is 16.0. The number of fused-ring (bicyclic) bond motifs is 1. The monoisotopic (exact) mass is 932 g/mol. The number of ether oxygens (including phenoxy) is 2. The van der Waals surface area contributed by atoms with Gasteiger partial charge in [-0.2, -0.15) is 5.10 Å². The molecule has 0 bridgehead atoms. The standard InChI is InChI=1S/C49H52N6O9S2/c1-28(31-8-10-32(11-9-31)43-29(2)50-27-65-43)52-46(60)39-22-36(58)25-55(39)48(62)45(49(3,4)5)53-41(59)26-63-20-21-64-37-17-6-30(7-18-37)24-51-54-47(61)42-38-19-16-35(57)23-40(38)66-44(42)33-12-14-34(56)15-13-33/h6-19,23-24,27-28,36,39,45,56-58H,20-22,25-26H2,1-5H3,(H,52,60)(H,53,59)(H,54,61). The summed E-state index contributed by atoms with van der Waals surface area (Å²) in [6, 6.07) is 23.9. The predicted octanol–water partition coefficient (Wildman–Crippen LogP) is 6.94. The Bertz CT molecular complexity index is 2710. The van der Waals surface area contributed by atoms with E-state index in [-0.39, 0.29) is 50.3 Å². The minimum atomic E-state index is -1.00. The van der Waals surface area contributed by atoms with Crippen molar-refractivity contribution in [2.75, 3.05) is 26.4 Å². The summed E-state index contributed by atoms with van der Waals surface area (Å²) in [7, 11) is 0. The van der Waals surface area contributed by atoms with Crippen LogP contribution in [0.1, 0.15) is 67.3 Å². The number of likely N-dealkylation sites (tertiary alicyclic amines) is 1. The van der Waals surface area contributed by atoms with Crippen molar-refractivity contribution in [3.05, 3.63) is 119 Å². The van der Waals surface area contributed by atoms with Crippen LogP contribution in [0, 0.1) is 12.3 Å².